The zero-order valence-corrected chi connectivity index (χ0v) is 15.1. The summed E-state index contributed by atoms with van der Waals surface area (Å²) in [7, 11) is 0. The maximum atomic E-state index is 12.0. The van der Waals surface area contributed by atoms with E-state index < -0.39 is 0 Å². The van der Waals surface area contributed by atoms with Gasteiger partial charge in [0.25, 0.3) is 0 Å². The molecule has 0 amide bonds. The minimum atomic E-state index is -0.0790. The number of rotatable bonds is 3. The van der Waals surface area contributed by atoms with Crippen LogP contribution in [-0.4, -0.2) is 15.6 Å². The first kappa shape index (κ1) is 16.7. The first-order valence-electron chi connectivity index (χ1n) is 7.51. The Morgan fingerprint density at radius 1 is 1.04 bits per heavy atom. The second-order valence-corrected chi connectivity index (χ2v) is 6.60. The van der Waals surface area contributed by atoms with E-state index in [9.17, 15) is 4.79 Å². The lowest BCUT2D eigenvalue weighted by molar-refractivity contribution is 0.101. The zero-order valence-electron chi connectivity index (χ0n) is 13.6. The van der Waals surface area contributed by atoms with Crippen LogP contribution in [0.2, 0.25) is 10.0 Å². The second kappa shape index (κ2) is 6.42. The van der Waals surface area contributed by atoms with Gasteiger partial charge in [-0.15, -0.1) is 0 Å². The van der Waals surface area contributed by atoms with Crippen molar-refractivity contribution in [3.63, 3.8) is 0 Å². The Kier molecular flexibility index (Phi) is 4.48. The summed E-state index contributed by atoms with van der Waals surface area (Å²) in [4.78, 5) is 12.0. The zero-order chi connectivity index (χ0) is 17.4. The van der Waals surface area contributed by atoms with Crippen molar-refractivity contribution < 1.29 is 4.79 Å². The van der Waals surface area contributed by atoms with Crippen LogP contribution in [0.15, 0.2) is 42.5 Å². The van der Waals surface area contributed by atoms with Gasteiger partial charge in [0.2, 0.25) is 0 Å². The molecule has 3 rings (SSSR count). The number of carbonyl (C=O) groups excluding carboxylic acids is 1. The fraction of sp³-hybridized carbons (Fsp3) is 0.158. The van der Waals surface area contributed by atoms with Gasteiger partial charge in [0.15, 0.2) is 5.78 Å². The molecule has 0 spiro atoms. The summed E-state index contributed by atoms with van der Waals surface area (Å²) in [5.74, 6) is -0.0790. The molecule has 1 aromatic heterocycles. The molecule has 0 saturated carbocycles. The quantitative estimate of drug-likeness (QED) is 0.565. The molecule has 24 heavy (non-hydrogen) atoms. The highest BCUT2D eigenvalue weighted by molar-refractivity contribution is 6.35. The predicted molar refractivity (Wildman–Crippen MR) is 98.5 cm³/mol. The fourth-order valence-corrected chi connectivity index (χ4v) is 3.20. The van der Waals surface area contributed by atoms with Gasteiger partial charge in [-0.1, -0.05) is 53.0 Å². The molecule has 3 aromatic rings. The fourth-order valence-electron chi connectivity index (χ4n) is 2.71. The van der Waals surface area contributed by atoms with Crippen molar-refractivity contribution in [1.82, 2.24) is 9.78 Å². The lowest BCUT2D eigenvalue weighted by atomic mass is 10.0. The number of hydrogen-bond donors (Lipinski definition) is 0. The summed E-state index contributed by atoms with van der Waals surface area (Å²) in [6, 6.07) is 13.3. The van der Waals surface area contributed by atoms with E-state index in [-0.39, 0.29) is 5.78 Å². The smallest absolute Gasteiger partial charge is 0.180 e. The summed E-state index contributed by atoms with van der Waals surface area (Å²) >= 11 is 12.4. The molecular formula is C19H16Cl2N2O. The molecule has 0 aliphatic heterocycles. The van der Waals surface area contributed by atoms with E-state index in [1.807, 2.05) is 38.1 Å². The highest BCUT2D eigenvalue weighted by Gasteiger charge is 2.21. The van der Waals surface area contributed by atoms with Gasteiger partial charge in [-0.3, -0.25) is 4.79 Å². The summed E-state index contributed by atoms with van der Waals surface area (Å²) in [6.07, 6.45) is 0. The standard InChI is InChI=1S/C19H16Cl2N2O/c1-11-4-6-14(7-5-11)19-12(2)18(13(3)24)22-23(19)17-9-8-15(20)10-16(17)21/h4-10H,1-3H3. The van der Waals surface area contributed by atoms with E-state index in [0.29, 0.717) is 21.4 Å². The maximum absolute atomic E-state index is 12.0. The van der Waals surface area contributed by atoms with Crippen LogP contribution in [0.4, 0.5) is 0 Å². The van der Waals surface area contributed by atoms with Crippen LogP contribution in [0.25, 0.3) is 16.9 Å². The third-order valence-corrected chi connectivity index (χ3v) is 4.46. The molecule has 0 radical (unpaired) electrons. The van der Waals surface area contributed by atoms with Crippen LogP contribution < -0.4 is 0 Å². The van der Waals surface area contributed by atoms with Gasteiger partial charge >= 0.3 is 0 Å². The van der Waals surface area contributed by atoms with Gasteiger partial charge < -0.3 is 0 Å². The largest absolute Gasteiger partial charge is 0.293 e. The van der Waals surface area contributed by atoms with Crippen molar-refractivity contribution in [3.05, 3.63) is 69.3 Å². The van der Waals surface area contributed by atoms with Crippen LogP contribution in [0.1, 0.15) is 28.5 Å². The van der Waals surface area contributed by atoms with Crippen molar-refractivity contribution in [2.45, 2.75) is 20.8 Å². The minimum Gasteiger partial charge on any atom is -0.293 e. The molecule has 0 aliphatic carbocycles. The van der Waals surface area contributed by atoms with Crippen molar-refractivity contribution in [2.75, 3.05) is 0 Å². The number of nitrogens with zero attached hydrogens (tertiary/aromatic N) is 2. The lowest BCUT2D eigenvalue weighted by Gasteiger charge is -2.11. The van der Waals surface area contributed by atoms with Crippen LogP contribution >= 0.6 is 23.2 Å². The van der Waals surface area contributed by atoms with Crippen LogP contribution in [0, 0.1) is 13.8 Å². The van der Waals surface area contributed by atoms with E-state index in [0.717, 1.165) is 16.8 Å². The highest BCUT2D eigenvalue weighted by atomic mass is 35.5. The number of Topliss-reactive ketones (excluding diaryl/α,β-unsaturated/α-hetero) is 1. The van der Waals surface area contributed by atoms with Crippen LogP contribution in [0.5, 0.6) is 0 Å². The number of carbonyl (C=O) groups is 1. The van der Waals surface area contributed by atoms with E-state index in [2.05, 4.69) is 5.10 Å². The summed E-state index contributed by atoms with van der Waals surface area (Å²) < 4.78 is 1.72. The highest BCUT2D eigenvalue weighted by Crippen LogP contribution is 2.32. The lowest BCUT2D eigenvalue weighted by Crippen LogP contribution is -2.02. The third-order valence-electron chi connectivity index (χ3n) is 3.92. The van der Waals surface area contributed by atoms with E-state index >= 15 is 0 Å². The molecular weight excluding hydrogens is 343 g/mol. The number of benzene rings is 2. The minimum absolute atomic E-state index is 0.0790. The molecule has 2 aromatic carbocycles. The van der Waals surface area contributed by atoms with Crippen LogP contribution in [-0.2, 0) is 0 Å². The van der Waals surface area contributed by atoms with E-state index in [1.54, 1.807) is 22.9 Å². The van der Waals surface area contributed by atoms with Gasteiger partial charge in [0, 0.05) is 23.1 Å². The van der Waals surface area contributed by atoms with Gasteiger partial charge in [0.05, 0.1) is 16.4 Å². The molecule has 0 N–H and O–H groups in total. The monoisotopic (exact) mass is 358 g/mol. The average molecular weight is 359 g/mol. The van der Waals surface area contributed by atoms with Gasteiger partial charge in [-0.05, 0) is 32.0 Å². The van der Waals surface area contributed by atoms with Crippen molar-refractivity contribution >= 4 is 29.0 Å². The second-order valence-electron chi connectivity index (χ2n) is 5.75. The Morgan fingerprint density at radius 3 is 2.29 bits per heavy atom. The van der Waals surface area contributed by atoms with Crippen molar-refractivity contribution in [3.8, 4) is 16.9 Å². The molecule has 122 valence electrons. The van der Waals surface area contributed by atoms with E-state index in [4.69, 9.17) is 23.2 Å². The molecule has 0 saturated heterocycles. The molecule has 0 unspecified atom stereocenters. The predicted octanol–water partition coefficient (Wildman–Crippen LogP) is 5.67. The molecule has 0 fully saturated rings. The number of ketones is 1. The van der Waals surface area contributed by atoms with Crippen molar-refractivity contribution in [2.24, 2.45) is 0 Å². The maximum Gasteiger partial charge on any atom is 0.180 e. The molecule has 5 heteroatoms. The van der Waals surface area contributed by atoms with Gasteiger partial charge in [0.1, 0.15) is 5.69 Å². The first-order chi connectivity index (χ1) is 11.4. The Hall–Kier alpha value is -2.10. The molecule has 0 aliphatic rings. The van der Waals surface area contributed by atoms with Crippen molar-refractivity contribution in [1.29, 1.82) is 0 Å². The normalized spacial score (nSPS) is 10.9. The molecule has 3 nitrogen and oxygen atoms in total. The number of aromatic nitrogens is 2. The average Bonchev–Trinajstić information content (AvgIpc) is 2.86. The first-order valence-corrected chi connectivity index (χ1v) is 8.27. The Bertz CT molecular complexity index is 927. The Labute approximate surface area is 150 Å². The van der Waals surface area contributed by atoms with E-state index in [1.165, 1.54) is 12.5 Å². The van der Waals surface area contributed by atoms with Crippen LogP contribution in [0.3, 0.4) is 0 Å². The topological polar surface area (TPSA) is 34.9 Å². The third kappa shape index (κ3) is 2.97. The number of halogens is 2. The Morgan fingerprint density at radius 2 is 1.71 bits per heavy atom. The number of aryl methyl sites for hydroxylation is 1. The number of hydrogen-bond acceptors (Lipinski definition) is 2. The summed E-state index contributed by atoms with van der Waals surface area (Å²) in [5.41, 5.74) is 4.95. The SMILES string of the molecule is CC(=O)c1nn(-c2ccc(Cl)cc2Cl)c(-c2ccc(C)cc2)c1C. The summed E-state index contributed by atoms with van der Waals surface area (Å²) in [5, 5.41) is 5.54. The molecule has 0 atom stereocenters. The van der Waals surface area contributed by atoms with Gasteiger partial charge in [-0.2, -0.15) is 5.10 Å². The van der Waals surface area contributed by atoms with Gasteiger partial charge in [-0.25, -0.2) is 4.68 Å². The molecule has 0 bridgehead atoms. The molecule has 1 heterocycles. The summed E-state index contributed by atoms with van der Waals surface area (Å²) in [6.45, 7) is 5.45. The Balaban J connectivity index is 2.30.